The Morgan fingerprint density at radius 1 is 1.22 bits per heavy atom. The summed E-state index contributed by atoms with van der Waals surface area (Å²) in [7, 11) is 3.25. The Hall–Kier alpha value is -0.650. The van der Waals surface area contributed by atoms with Crippen molar-refractivity contribution in [1.82, 2.24) is 4.90 Å². The van der Waals surface area contributed by atoms with Gasteiger partial charge in [-0.1, -0.05) is 0 Å². The molecule has 18 heavy (non-hydrogen) atoms. The van der Waals surface area contributed by atoms with Gasteiger partial charge in [-0.05, 0) is 27.7 Å². The SMILES string of the molecule is COCCN(C(=O)COC(C)(C)C)C(C)COC. The van der Waals surface area contributed by atoms with Crippen molar-refractivity contribution in [2.75, 3.05) is 40.6 Å². The quantitative estimate of drug-likeness (QED) is 0.661. The number of nitrogens with zero attached hydrogens (tertiary/aromatic N) is 1. The topological polar surface area (TPSA) is 48.0 Å². The Kier molecular flexibility index (Phi) is 8.15. The van der Waals surface area contributed by atoms with Crippen molar-refractivity contribution in [3.05, 3.63) is 0 Å². The van der Waals surface area contributed by atoms with Crippen LogP contribution in [0, 0.1) is 0 Å². The van der Waals surface area contributed by atoms with Crippen LogP contribution >= 0.6 is 0 Å². The smallest absolute Gasteiger partial charge is 0.248 e. The molecule has 5 heteroatoms. The van der Waals surface area contributed by atoms with Crippen LogP contribution in [0.5, 0.6) is 0 Å². The third-order valence-electron chi connectivity index (χ3n) is 2.43. The maximum absolute atomic E-state index is 12.1. The fourth-order valence-electron chi connectivity index (χ4n) is 1.47. The van der Waals surface area contributed by atoms with Crippen LogP contribution in [0.2, 0.25) is 0 Å². The molecule has 0 fully saturated rings. The average molecular weight is 261 g/mol. The van der Waals surface area contributed by atoms with Gasteiger partial charge in [-0.2, -0.15) is 0 Å². The Bertz CT molecular complexity index is 238. The summed E-state index contributed by atoms with van der Waals surface area (Å²) in [6, 6.07) is 0.0150. The van der Waals surface area contributed by atoms with Gasteiger partial charge in [-0.15, -0.1) is 0 Å². The second-order valence-corrected chi connectivity index (χ2v) is 5.29. The number of amides is 1. The number of rotatable bonds is 8. The molecular weight excluding hydrogens is 234 g/mol. The first-order valence-electron chi connectivity index (χ1n) is 6.23. The summed E-state index contributed by atoms with van der Waals surface area (Å²) in [5.41, 5.74) is -0.312. The van der Waals surface area contributed by atoms with E-state index in [9.17, 15) is 4.79 Å². The van der Waals surface area contributed by atoms with Gasteiger partial charge in [-0.3, -0.25) is 4.79 Å². The molecule has 0 aliphatic heterocycles. The van der Waals surface area contributed by atoms with E-state index < -0.39 is 0 Å². The van der Waals surface area contributed by atoms with E-state index in [1.165, 1.54) is 0 Å². The van der Waals surface area contributed by atoms with Crippen molar-refractivity contribution in [3.8, 4) is 0 Å². The average Bonchev–Trinajstić information content (AvgIpc) is 2.26. The summed E-state index contributed by atoms with van der Waals surface area (Å²) >= 11 is 0. The first-order valence-corrected chi connectivity index (χ1v) is 6.23. The number of methoxy groups -OCH3 is 2. The number of carbonyl (C=O) groups excluding carboxylic acids is 1. The molecule has 1 unspecified atom stereocenters. The largest absolute Gasteiger partial charge is 0.383 e. The zero-order valence-electron chi connectivity index (χ0n) is 12.5. The van der Waals surface area contributed by atoms with Gasteiger partial charge in [0.25, 0.3) is 0 Å². The van der Waals surface area contributed by atoms with Crippen LogP contribution in [-0.4, -0.2) is 63.0 Å². The molecule has 0 aromatic carbocycles. The van der Waals surface area contributed by atoms with Crippen molar-refractivity contribution >= 4 is 5.91 Å². The second-order valence-electron chi connectivity index (χ2n) is 5.29. The molecule has 0 aliphatic rings. The molecule has 0 rings (SSSR count). The van der Waals surface area contributed by atoms with Crippen molar-refractivity contribution in [2.45, 2.75) is 39.3 Å². The predicted octanol–water partition coefficient (Wildman–Crippen LogP) is 1.31. The molecule has 5 nitrogen and oxygen atoms in total. The zero-order valence-corrected chi connectivity index (χ0v) is 12.5. The lowest BCUT2D eigenvalue weighted by Gasteiger charge is -2.30. The molecule has 1 atom stereocenters. The van der Waals surface area contributed by atoms with Gasteiger partial charge in [-0.25, -0.2) is 0 Å². The van der Waals surface area contributed by atoms with Crippen LogP contribution in [0.15, 0.2) is 0 Å². The summed E-state index contributed by atoms with van der Waals surface area (Å²) in [6.07, 6.45) is 0. The Balaban J connectivity index is 4.39. The Labute approximate surface area is 110 Å². The van der Waals surface area contributed by atoms with Crippen LogP contribution in [-0.2, 0) is 19.0 Å². The molecule has 0 spiro atoms. The van der Waals surface area contributed by atoms with Crippen LogP contribution in [0.4, 0.5) is 0 Å². The summed E-state index contributed by atoms with van der Waals surface area (Å²) in [5.74, 6) is -0.0356. The van der Waals surface area contributed by atoms with Gasteiger partial charge in [0.1, 0.15) is 6.61 Å². The monoisotopic (exact) mass is 261 g/mol. The molecule has 0 saturated heterocycles. The van der Waals surface area contributed by atoms with Gasteiger partial charge >= 0.3 is 0 Å². The van der Waals surface area contributed by atoms with Crippen molar-refractivity contribution in [1.29, 1.82) is 0 Å². The molecule has 108 valence electrons. The molecule has 0 bridgehead atoms. The molecule has 0 heterocycles. The highest BCUT2D eigenvalue weighted by Crippen LogP contribution is 2.08. The van der Waals surface area contributed by atoms with E-state index in [0.29, 0.717) is 19.8 Å². The molecule has 0 aliphatic carbocycles. The summed E-state index contributed by atoms with van der Waals surface area (Å²) in [5, 5.41) is 0. The minimum Gasteiger partial charge on any atom is -0.383 e. The highest BCUT2D eigenvalue weighted by Gasteiger charge is 2.22. The number of carbonyl (C=O) groups is 1. The first-order chi connectivity index (χ1) is 8.31. The number of hydrogen-bond donors (Lipinski definition) is 0. The third-order valence-corrected chi connectivity index (χ3v) is 2.43. The number of hydrogen-bond acceptors (Lipinski definition) is 4. The van der Waals surface area contributed by atoms with E-state index in [4.69, 9.17) is 14.2 Å². The minimum absolute atomic E-state index is 0.0150. The van der Waals surface area contributed by atoms with Gasteiger partial charge in [0, 0.05) is 20.8 Å². The lowest BCUT2D eigenvalue weighted by atomic mass is 10.2. The van der Waals surface area contributed by atoms with E-state index in [1.54, 1.807) is 19.1 Å². The standard InChI is InChI=1S/C13H27NO4/c1-11(9-17-6)14(7-8-16-5)12(15)10-18-13(2,3)4/h11H,7-10H2,1-6H3. The van der Waals surface area contributed by atoms with Crippen LogP contribution < -0.4 is 0 Å². The molecule has 0 radical (unpaired) electrons. The highest BCUT2D eigenvalue weighted by atomic mass is 16.5. The molecule has 0 aromatic rings. The van der Waals surface area contributed by atoms with E-state index in [0.717, 1.165) is 0 Å². The van der Waals surface area contributed by atoms with Gasteiger partial charge < -0.3 is 19.1 Å². The van der Waals surface area contributed by atoms with Crippen molar-refractivity contribution < 1.29 is 19.0 Å². The Morgan fingerprint density at radius 2 is 1.83 bits per heavy atom. The van der Waals surface area contributed by atoms with Gasteiger partial charge in [0.15, 0.2) is 0 Å². The third kappa shape index (κ3) is 7.63. The molecular formula is C13H27NO4. The van der Waals surface area contributed by atoms with E-state index in [-0.39, 0.29) is 24.2 Å². The van der Waals surface area contributed by atoms with Crippen molar-refractivity contribution in [3.63, 3.8) is 0 Å². The van der Waals surface area contributed by atoms with E-state index >= 15 is 0 Å². The van der Waals surface area contributed by atoms with Crippen LogP contribution in [0.1, 0.15) is 27.7 Å². The Morgan fingerprint density at radius 3 is 2.28 bits per heavy atom. The van der Waals surface area contributed by atoms with Crippen molar-refractivity contribution in [2.24, 2.45) is 0 Å². The highest BCUT2D eigenvalue weighted by molar-refractivity contribution is 5.77. The van der Waals surface area contributed by atoms with Gasteiger partial charge in [0.2, 0.25) is 5.91 Å². The van der Waals surface area contributed by atoms with E-state index in [1.807, 2.05) is 27.7 Å². The fraction of sp³-hybridized carbons (Fsp3) is 0.923. The van der Waals surface area contributed by atoms with Crippen LogP contribution in [0.25, 0.3) is 0 Å². The van der Waals surface area contributed by atoms with E-state index in [2.05, 4.69) is 0 Å². The molecule has 0 N–H and O–H groups in total. The first kappa shape index (κ1) is 17.4. The maximum atomic E-state index is 12.1. The number of ether oxygens (including phenoxy) is 3. The molecule has 0 aromatic heterocycles. The zero-order chi connectivity index (χ0) is 14.2. The lowest BCUT2D eigenvalue weighted by Crippen LogP contribution is -2.45. The summed E-state index contributed by atoms with van der Waals surface area (Å²) < 4.78 is 15.6. The minimum atomic E-state index is -0.312. The summed E-state index contributed by atoms with van der Waals surface area (Å²) in [6.45, 7) is 9.39. The maximum Gasteiger partial charge on any atom is 0.248 e. The van der Waals surface area contributed by atoms with Crippen LogP contribution in [0.3, 0.4) is 0 Å². The molecule has 0 saturated carbocycles. The second kappa shape index (κ2) is 8.45. The molecule has 1 amide bonds. The summed E-state index contributed by atoms with van der Waals surface area (Å²) in [4.78, 5) is 13.8. The predicted molar refractivity (Wildman–Crippen MR) is 70.6 cm³/mol. The lowest BCUT2D eigenvalue weighted by molar-refractivity contribution is -0.144. The fourth-order valence-corrected chi connectivity index (χ4v) is 1.47. The van der Waals surface area contributed by atoms with Gasteiger partial charge in [0.05, 0.1) is 24.9 Å². The normalized spacial score (nSPS) is 13.4.